The molecule has 0 bridgehead atoms. The second-order valence-electron chi connectivity index (χ2n) is 1.90. The van der Waals surface area contributed by atoms with Gasteiger partial charge in [0.05, 0.1) is 0 Å². The molecule has 0 N–H and O–H groups in total. The lowest BCUT2D eigenvalue weighted by molar-refractivity contribution is 0.329. The predicted octanol–water partition coefficient (Wildman–Crippen LogP) is -0.307. The van der Waals surface area contributed by atoms with Crippen LogP contribution in [0.25, 0.3) is 0 Å². The third-order valence-electron chi connectivity index (χ3n) is 1.10. The third kappa shape index (κ3) is 1.10. The van der Waals surface area contributed by atoms with Gasteiger partial charge in [0, 0.05) is 6.61 Å². The summed E-state index contributed by atoms with van der Waals surface area (Å²) >= 11 is 0. The average molecular weight is 102 g/mol. The zero-order chi connectivity index (χ0) is 4.41. The van der Waals surface area contributed by atoms with Crippen LogP contribution in [0, 0.1) is 5.92 Å². The molecule has 0 unspecified atom stereocenters. The lowest BCUT2D eigenvalue weighted by Gasteiger charge is -1.88. The van der Waals surface area contributed by atoms with E-state index in [0.29, 0.717) is 0 Å². The third-order valence-corrected chi connectivity index (χ3v) is 1.43. The molecule has 0 radical (unpaired) electrons. The van der Waals surface area contributed by atoms with E-state index in [-0.39, 0.29) is 0 Å². The summed E-state index contributed by atoms with van der Waals surface area (Å²) in [4.78, 5) is 0. The molecule has 36 valence electrons. The van der Waals surface area contributed by atoms with Gasteiger partial charge in [0.1, 0.15) is 10.5 Å². The Kier molecular flexibility index (Phi) is 1.27. The van der Waals surface area contributed by atoms with Crippen molar-refractivity contribution in [2.45, 2.75) is 12.8 Å². The second kappa shape index (κ2) is 1.75. The van der Waals surface area contributed by atoms with E-state index >= 15 is 0 Å². The van der Waals surface area contributed by atoms with Crippen LogP contribution >= 0.6 is 0 Å². The molecular weight excluding hydrogens is 92.1 g/mol. The Morgan fingerprint density at radius 1 is 1.67 bits per heavy atom. The molecule has 0 aromatic rings. The minimum atomic E-state index is 0.927. The Morgan fingerprint density at radius 3 is 2.50 bits per heavy atom. The summed E-state index contributed by atoms with van der Waals surface area (Å²) in [6.07, 6.45) is 2.84. The molecule has 1 fully saturated rings. The van der Waals surface area contributed by atoms with Gasteiger partial charge in [-0.05, 0) is 18.8 Å². The molecule has 0 aromatic carbocycles. The minimum Gasteiger partial charge on any atom is -0.428 e. The fraction of sp³-hybridized carbons (Fsp3) is 1.00. The fourth-order valence-electron chi connectivity index (χ4n) is 0.520. The highest BCUT2D eigenvalue weighted by atomic mass is 28.2. The molecule has 1 rings (SSSR count). The molecule has 0 aromatic heterocycles. The maximum Gasteiger partial charge on any atom is 0.145 e. The average Bonchev–Trinajstić information content (AvgIpc) is 2.21. The zero-order valence-corrected chi connectivity index (χ0v) is 6.11. The van der Waals surface area contributed by atoms with Crippen LogP contribution in [-0.4, -0.2) is 17.1 Å². The van der Waals surface area contributed by atoms with Crippen molar-refractivity contribution in [3.05, 3.63) is 0 Å². The molecule has 0 heterocycles. The normalized spacial score (nSPS) is 22.0. The van der Waals surface area contributed by atoms with E-state index in [2.05, 4.69) is 0 Å². The van der Waals surface area contributed by atoms with Gasteiger partial charge in [0.25, 0.3) is 0 Å². The zero-order valence-electron chi connectivity index (χ0n) is 4.11. The Morgan fingerprint density at radius 2 is 2.33 bits per heavy atom. The summed E-state index contributed by atoms with van der Waals surface area (Å²) in [5.41, 5.74) is 0. The Balaban J connectivity index is 1.88. The van der Waals surface area contributed by atoms with Crippen molar-refractivity contribution in [1.29, 1.82) is 0 Å². The van der Waals surface area contributed by atoms with Crippen molar-refractivity contribution in [3.63, 3.8) is 0 Å². The van der Waals surface area contributed by atoms with E-state index in [9.17, 15) is 0 Å². The van der Waals surface area contributed by atoms with Gasteiger partial charge >= 0.3 is 0 Å². The fourth-order valence-corrected chi connectivity index (χ4v) is 0.992. The first kappa shape index (κ1) is 4.34. The molecular formula is C4H10OSi. The van der Waals surface area contributed by atoms with Gasteiger partial charge in [0.2, 0.25) is 0 Å². The van der Waals surface area contributed by atoms with Crippen molar-refractivity contribution in [2.24, 2.45) is 5.92 Å². The first-order valence-electron chi connectivity index (χ1n) is 2.42. The van der Waals surface area contributed by atoms with Crippen LogP contribution < -0.4 is 0 Å². The summed E-state index contributed by atoms with van der Waals surface area (Å²) < 4.78 is 5.00. The molecule has 2 heteroatoms. The van der Waals surface area contributed by atoms with Gasteiger partial charge in [-0.15, -0.1) is 0 Å². The minimum absolute atomic E-state index is 0.927. The van der Waals surface area contributed by atoms with Crippen LogP contribution in [0.4, 0.5) is 0 Å². The SMILES string of the molecule is [SiH3]OCC1CC1. The smallest absolute Gasteiger partial charge is 0.145 e. The molecule has 0 atom stereocenters. The van der Waals surface area contributed by atoms with Gasteiger partial charge in [-0.25, -0.2) is 0 Å². The van der Waals surface area contributed by atoms with E-state index in [1.807, 2.05) is 0 Å². The maximum atomic E-state index is 5.00. The number of hydrogen-bond acceptors (Lipinski definition) is 1. The summed E-state index contributed by atoms with van der Waals surface area (Å²) in [6.45, 7) is 1.05. The van der Waals surface area contributed by atoms with Gasteiger partial charge in [-0.2, -0.15) is 0 Å². The number of rotatable bonds is 2. The highest BCUT2D eigenvalue weighted by Gasteiger charge is 2.19. The monoisotopic (exact) mass is 102 g/mol. The maximum absolute atomic E-state index is 5.00. The van der Waals surface area contributed by atoms with Crippen molar-refractivity contribution >= 4 is 10.5 Å². The van der Waals surface area contributed by atoms with E-state index in [0.717, 1.165) is 23.0 Å². The summed E-state index contributed by atoms with van der Waals surface area (Å²) in [5.74, 6) is 0.961. The highest BCUT2D eigenvalue weighted by Crippen LogP contribution is 2.28. The molecule has 6 heavy (non-hydrogen) atoms. The van der Waals surface area contributed by atoms with Crippen LogP contribution in [0.2, 0.25) is 0 Å². The van der Waals surface area contributed by atoms with Crippen molar-refractivity contribution in [1.82, 2.24) is 0 Å². The van der Waals surface area contributed by atoms with E-state index < -0.39 is 0 Å². The molecule has 0 aliphatic heterocycles. The molecule has 1 nitrogen and oxygen atoms in total. The van der Waals surface area contributed by atoms with Crippen LogP contribution in [0.1, 0.15) is 12.8 Å². The van der Waals surface area contributed by atoms with Crippen LogP contribution in [0.3, 0.4) is 0 Å². The molecule has 0 spiro atoms. The van der Waals surface area contributed by atoms with Crippen molar-refractivity contribution in [2.75, 3.05) is 6.61 Å². The van der Waals surface area contributed by atoms with Gasteiger partial charge in [-0.1, -0.05) is 0 Å². The Hall–Kier alpha value is 0.177. The molecule has 0 saturated heterocycles. The quantitative estimate of drug-likeness (QED) is 0.435. The first-order valence-corrected chi connectivity index (χ1v) is 3.24. The second-order valence-corrected chi connectivity index (χ2v) is 2.48. The van der Waals surface area contributed by atoms with Crippen LogP contribution in [-0.2, 0) is 4.43 Å². The lowest BCUT2D eigenvalue weighted by atomic mass is 10.5. The van der Waals surface area contributed by atoms with Crippen molar-refractivity contribution in [3.8, 4) is 0 Å². The Bertz CT molecular complexity index is 42.8. The largest absolute Gasteiger partial charge is 0.428 e. The molecule has 1 aliphatic rings. The summed E-state index contributed by atoms with van der Waals surface area (Å²) in [5, 5.41) is 0. The van der Waals surface area contributed by atoms with Gasteiger partial charge in [-0.3, -0.25) is 0 Å². The van der Waals surface area contributed by atoms with Gasteiger partial charge < -0.3 is 4.43 Å². The molecule has 1 aliphatic carbocycles. The van der Waals surface area contributed by atoms with Gasteiger partial charge in [0.15, 0.2) is 0 Å². The van der Waals surface area contributed by atoms with E-state index in [1.54, 1.807) is 0 Å². The molecule has 0 amide bonds. The van der Waals surface area contributed by atoms with Crippen LogP contribution in [0.5, 0.6) is 0 Å². The number of hydrogen-bond donors (Lipinski definition) is 0. The topological polar surface area (TPSA) is 9.23 Å². The van der Waals surface area contributed by atoms with Crippen LogP contribution in [0.15, 0.2) is 0 Å². The summed E-state index contributed by atoms with van der Waals surface area (Å²) in [7, 11) is 0.927. The van der Waals surface area contributed by atoms with Crippen molar-refractivity contribution < 1.29 is 4.43 Å². The standard InChI is InChI=1S/C4H10OSi/c6-5-3-4-1-2-4/h4H,1-3H2,6H3. The lowest BCUT2D eigenvalue weighted by Crippen LogP contribution is -1.89. The highest BCUT2D eigenvalue weighted by molar-refractivity contribution is 5.97. The summed E-state index contributed by atoms with van der Waals surface area (Å²) in [6, 6.07) is 0. The van der Waals surface area contributed by atoms with E-state index in [4.69, 9.17) is 4.43 Å². The first-order chi connectivity index (χ1) is 2.93. The Labute approximate surface area is 41.2 Å². The predicted molar refractivity (Wildman–Crippen MR) is 28.6 cm³/mol. The molecule has 1 saturated carbocycles. The van der Waals surface area contributed by atoms with E-state index in [1.165, 1.54) is 12.8 Å².